The van der Waals surface area contributed by atoms with Crippen LogP contribution in [0.25, 0.3) is 12.2 Å². The Kier molecular flexibility index (Phi) is 3.21. The first kappa shape index (κ1) is 9.46. The lowest BCUT2D eigenvalue weighted by atomic mass is 10.1. The van der Waals surface area contributed by atoms with Crippen molar-refractivity contribution in [1.82, 2.24) is 0 Å². The van der Waals surface area contributed by atoms with E-state index >= 15 is 0 Å². The van der Waals surface area contributed by atoms with Crippen LogP contribution in [-0.2, 0) is 0 Å². The average Bonchev–Trinajstić information content (AvgIpc) is 2.17. The summed E-state index contributed by atoms with van der Waals surface area (Å²) in [6.45, 7) is 7.13. The lowest BCUT2D eigenvalue weighted by molar-refractivity contribution is 0.625. The maximum Gasteiger partial charge on any atom is 0.130 e. The van der Waals surface area contributed by atoms with Crippen molar-refractivity contribution in [2.45, 2.75) is 0 Å². The van der Waals surface area contributed by atoms with Crippen molar-refractivity contribution >= 4 is 12.2 Å². The van der Waals surface area contributed by atoms with Crippen molar-refractivity contribution in [2.24, 2.45) is 0 Å². The van der Waals surface area contributed by atoms with E-state index in [0.717, 1.165) is 5.56 Å². The number of halogens is 1. The molecular formula is C12H11F. The van der Waals surface area contributed by atoms with E-state index in [4.69, 9.17) is 0 Å². The van der Waals surface area contributed by atoms with Crippen molar-refractivity contribution in [2.75, 3.05) is 0 Å². The molecule has 1 aromatic rings. The van der Waals surface area contributed by atoms with Gasteiger partial charge in [-0.2, -0.15) is 0 Å². The summed E-state index contributed by atoms with van der Waals surface area (Å²) in [6, 6.07) is 4.86. The topological polar surface area (TPSA) is 0 Å². The Labute approximate surface area is 77.7 Å². The van der Waals surface area contributed by atoms with Crippen LogP contribution < -0.4 is 0 Å². The van der Waals surface area contributed by atoms with E-state index < -0.39 is 0 Å². The molecule has 0 aliphatic heterocycles. The Morgan fingerprint density at radius 3 is 2.62 bits per heavy atom. The molecule has 13 heavy (non-hydrogen) atoms. The van der Waals surface area contributed by atoms with Gasteiger partial charge in [-0.05, 0) is 17.7 Å². The van der Waals surface area contributed by atoms with E-state index in [9.17, 15) is 4.39 Å². The van der Waals surface area contributed by atoms with Crippen LogP contribution in [0.5, 0.6) is 0 Å². The van der Waals surface area contributed by atoms with Gasteiger partial charge in [0.15, 0.2) is 0 Å². The zero-order valence-electron chi connectivity index (χ0n) is 7.33. The molecule has 0 amide bonds. The maximum absolute atomic E-state index is 13.1. The standard InChI is InChI=1S/C12H11F/c1-3-5-6-11-9-10(4-2)7-8-12(11)13/h3-9H,1-2H2. The Bertz CT molecular complexity index is 348. The molecule has 1 aromatic carbocycles. The molecule has 66 valence electrons. The molecule has 0 saturated heterocycles. The second kappa shape index (κ2) is 4.41. The van der Waals surface area contributed by atoms with E-state index in [1.54, 1.807) is 36.4 Å². The lowest BCUT2D eigenvalue weighted by Gasteiger charge is -1.98. The molecule has 0 aliphatic carbocycles. The molecule has 1 rings (SSSR count). The van der Waals surface area contributed by atoms with Crippen LogP contribution >= 0.6 is 0 Å². The first-order valence-electron chi connectivity index (χ1n) is 3.99. The molecular weight excluding hydrogens is 163 g/mol. The number of allylic oxidation sites excluding steroid dienone is 2. The normalized spacial score (nSPS) is 10.2. The molecule has 0 radical (unpaired) electrons. The Hall–Kier alpha value is -1.63. The number of hydrogen-bond acceptors (Lipinski definition) is 0. The SMILES string of the molecule is C=CC=Cc1cc(C=C)ccc1F. The predicted octanol–water partition coefficient (Wildman–Crippen LogP) is 3.67. The minimum absolute atomic E-state index is 0.233. The fourth-order valence-electron chi connectivity index (χ4n) is 0.989. The van der Waals surface area contributed by atoms with E-state index in [2.05, 4.69) is 13.2 Å². The highest BCUT2D eigenvalue weighted by molar-refractivity contribution is 5.58. The second-order valence-electron chi connectivity index (χ2n) is 2.58. The minimum Gasteiger partial charge on any atom is -0.206 e. The van der Waals surface area contributed by atoms with Crippen LogP contribution in [0.4, 0.5) is 4.39 Å². The predicted molar refractivity (Wildman–Crippen MR) is 55.7 cm³/mol. The molecule has 0 bridgehead atoms. The summed E-state index contributed by atoms with van der Waals surface area (Å²) in [7, 11) is 0. The van der Waals surface area contributed by atoms with Crippen molar-refractivity contribution in [3.05, 3.63) is 60.5 Å². The highest BCUT2D eigenvalue weighted by Gasteiger charge is 1.97. The summed E-state index contributed by atoms with van der Waals surface area (Å²) in [5.41, 5.74) is 1.46. The van der Waals surface area contributed by atoms with Crippen molar-refractivity contribution in [1.29, 1.82) is 0 Å². The molecule has 1 heteroatoms. The Morgan fingerprint density at radius 1 is 1.23 bits per heavy atom. The zero-order chi connectivity index (χ0) is 9.68. The van der Waals surface area contributed by atoms with E-state index in [-0.39, 0.29) is 5.82 Å². The first-order chi connectivity index (χ1) is 6.27. The lowest BCUT2D eigenvalue weighted by Crippen LogP contribution is -1.82. The van der Waals surface area contributed by atoms with Crippen molar-refractivity contribution < 1.29 is 4.39 Å². The number of benzene rings is 1. The van der Waals surface area contributed by atoms with Gasteiger partial charge in [0.25, 0.3) is 0 Å². The van der Waals surface area contributed by atoms with Gasteiger partial charge in [0, 0.05) is 5.56 Å². The molecule has 0 saturated carbocycles. The smallest absolute Gasteiger partial charge is 0.130 e. The summed E-state index contributed by atoms with van der Waals surface area (Å²) < 4.78 is 13.1. The fraction of sp³-hybridized carbons (Fsp3) is 0. The van der Waals surface area contributed by atoms with Gasteiger partial charge in [0.1, 0.15) is 5.82 Å². The van der Waals surface area contributed by atoms with Gasteiger partial charge in [-0.3, -0.25) is 0 Å². The Balaban J connectivity index is 3.10. The average molecular weight is 174 g/mol. The van der Waals surface area contributed by atoms with Crippen LogP contribution in [0, 0.1) is 5.82 Å². The van der Waals surface area contributed by atoms with Gasteiger partial charge in [0.05, 0.1) is 0 Å². The Morgan fingerprint density at radius 2 is 2.00 bits per heavy atom. The molecule has 0 aliphatic rings. The van der Waals surface area contributed by atoms with Crippen LogP contribution in [0.3, 0.4) is 0 Å². The van der Waals surface area contributed by atoms with E-state index in [0.29, 0.717) is 5.56 Å². The molecule has 0 N–H and O–H groups in total. The van der Waals surface area contributed by atoms with Crippen LogP contribution in [0.2, 0.25) is 0 Å². The van der Waals surface area contributed by atoms with Gasteiger partial charge in [-0.15, -0.1) is 0 Å². The highest BCUT2D eigenvalue weighted by Crippen LogP contribution is 2.13. The van der Waals surface area contributed by atoms with Gasteiger partial charge >= 0.3 is 0 Å². The van der Waals surface area contributed by atoms with Crippen LogP contribution in [-0.4, -0.2) is 0 Å². The van der Waals surface area contributed by atoms with E-state index in [1.165, 1.54) is 6.07 Å². The monoisotopic (exact) mass is 174 g/mol. The highest BCUT2D eigenvalue weighted by atomic mass is 19.1. The quantitative estimate of drug-likeness (QED) is 0.613. The third-order valence-electron chi connectivity index (χ3n) is 1.67. The molecule has 0 nitrogen and oxygen atoms in total. The van der Waals surface area contributed by atoms with Gasteiger partial charge in [-0.25, -0.2) is 4.39 Å². The van der Waals surface area contributed by atoms with Gasteiger partial charge in [-0.1, -0.05) is 43.5 Å². The van der Waals surface area contributed by atoms with Crippen molar-refractivity contribution in [3.63, 3.8) is 0 Å². The summed E-state index contributed by atoms with van der Waals surface area (Å²) in [4.78, 5) is 0. The molecule has 0 atom stereocenters. The molecule has 0 heterocycles. The van der Waals surface area contributed by atoms with Crippen LogP contribution in [0.15, 0.2) is 43.5 Å². The van der Waals surface area contributed by atoms with Crippen molar-refractivity contribution in [3.8, 4) is 0 Å². The van der Waals surface area contributed by atoms with Crippen LogP contribution in [0.1, 0.15) is 11.1 Å². The zero-order valence-corrected chi connectivity index (χ0v) is 7.33. The molecule has 0 spiro atoms. The summed E-state index contributed by atoms with van der Waals surface area (Å²) in [5, 5.41) is 0. The number of hydrogen-bond donors (Lipinski definition) is 0. The third kappa shape index (κ3) is 2.41. The molecule has 0 fully saturated rings. The van der Waals surface area contributed by atoms with Gasteiger partial charge < -0.3 is 0 Å². The maximum atomic E-state index is 13.1. The largest absolute Gasteiger partial charge is 0.206 e. The summed E-state index contributed by atoms with van der Waals surface area (Å²) in [5.74, 6) is -0.233. The molecule has 0 unspecified atom stereocenters. The first-order valence-corrected chi connectivity index (χ1v) is 3.99. The fourth-order valence-corrected chi connectivity index (χ4v) is 0.989. The second-order valence-corrected chi connectivity index (χ2v) is 2.58. The van der Waals surface area contributed by atoms with Gasteiger partial charge in [0.2, 0.25) is 0 Å². The summed E-state index contributed by atoms with van der Waals surface area (Å²) in [6.07, 6.45) is 6.67. The molecule has 0 aromatic heterocycles. The van der Waals surface area contributed by atoms with E-state index in [1.807, 2.05) is 0 Å². The summed E-state index contributed by atoms with van der Waals surface area (Å²) >= 11 is 0. The third-order valence-corrected chi connectivity index (χ3v) is 1.67. The minimum atomic E-state index is -0.233. The number of rotatable bonds is 3.